The Morgan fingerprint density at radius 1 is 0.650 bits per heavy atom. The van der Waals surface area contributed by atoms with Crippen LogP contribution in [0.15, 0.2) is 126 Å². The van der Waals surface area contributed by atoms with Gasteiger partial charge in [-0.05, 0) is 64.2 Å². The summed E-state index contributed by atoms with van der Waals surface area (Å²) in [7, 11) is 12.6. The molecule has 0 saturated heterocycles. The molecule has 0 aliphatic rings. The Morgan fingerprint density at radius 3 is 1.58 bits per heavy atom. The molecule has 0 aliphatic heterocycles. The predicted octanol–water partition coefficient (Wildman–Crippen LogP) is 14.9. The van der Waals surface area contributed by atoms with Gasteiger partial charge in [-0.15, -0.1) is 5.69 Å². The number of para-hydroxylation sites is 2. The van der Waals surface area contributed by atoms with Crippen molar-refractivity contribution in [1.29, 1.82) is 0 Å². The second kappa shape index (κ2) is 24.6. The zero-order chi connectivity index (χ0) is 43.1. The summed E-state index contributed by atoms with van der Waals surface area (Å²) in [4.78, 5) is 5.53. The Bertz CT molecular complexity index is 2240. The fraction of sp³-hybridized carbons (Fsp3) is 0.327. The first-order valence-electron chi connectivity index (χ1n) is 20.6. The van der Waals surface area contributed by atoms with E-state index in [1.54, 1.807) is 42.3 Å². The van der Waals surface area contributed by atoms with Crippen molar-refractivity contribution in [3.8, 4) is 33.5 Å². The van der Waals surface area contributed by atoms with Gasteiger partial charge >= 0.3 is 0 Å². The smallest absolute Gasteiger partial charge is 0.134 e. The number of hydrogen-bond acceptors (Lipinski definition) is 2. The van der Waals surface area contributed by atoms with Crippen LogP contribution in [0.5, 0.6) is 0 Å². The molecule has 0 amide bonds. The topological polar surface area (TPSA) is 87.4 Å². The molecule has 316 valence electrons. The summed E-state index contributed by atoms with van der Waals surface area (Å²) in [5, 5.41) is 17.5. The Labute approximate surface area is 379 Å². The Balaban J connectivity index is 0.000000884. The van der Waals surface area contributed by atoms with E-state index in [9.17, 15) is 0 Å². The molecule has 0 radical (unpaired) electrons. The second-order valence-corrected chi connectivity index (χ2v) is 15.3. The van der Waals surface area contributed by atoms with Crippen LogP contribution >= 0.6 is 0 Å². The third-order valence-corrected chi connectivity index (χ3v) is 9.77. The van der Waals surface area contributed by atoms with Gasteiger partial charge in [-0.25, -0.2) is 4.98 Å². The Morgan fingerprint density at radius 2 is 1.12 bits per heavy atom. The maximum atomic E-state index is 6.37. The third kappa shape index (κ3) is 12.0. The quantitative estimate of drug-likeness (QED) is 0.128. The van der Waals surface area contributed by atoms with Gasteiger partial charge < -0.3 is 30.3 Å². The first-order chi connectivity index (χ1) is 28.5. The van der Waals surface area contributed by atoms with Crippen molar-refractivity contribution in [2.75, 3.05) is 42.3 Å². The van der Waals surface area contributed by atoms with Crippen molar-refractivity contribution in [3.63, 3.8) is 0 Å². The fourth-order valence-corrected chi connectivity index (χ4v) is 7.33. The summed E-state index contributed by atoms with van der Waals surface area (Å²) in [5.41, 5.74) is 13.4. The molecular weight excluding hydrogens is 903 g/mol. The maximum absolute atomic E-state index is 6.37. The molecule has 60 heavy (non-hydrogen) atoms. The molecular formula is C52H64HfN6O-4. The van der Waals surface area contributed by atoms with E-state index >= 15 is 0 Å². The van der Waals surface area contributed by atoms with Gasteiger partial charge in [-0.3, -0.25) is 0 Å². The Hall–Kier alpha value is -4.60. The monoisotopic (exact) mass is 968 g/mol. The second-order valence-electron chi connectivity index (χ2n) is 15.3. The number of aromatic nitrogens is 2. The molecule has 0 fully saturated rings. The molecule has 7 rings (SSSR count). The van der Waals surface area contributed by atoms with Crippen molar-refractivity contribution < 1.29 is 30.3 Å². The Kier molecular flexibility index (Phi) is 20.4. The van der Waals surface area contributed by atoms with Crippen molar-refractivity contribution in [1.82, 2.24) is 9.55 Å². The average Bonchev–Trinajstić information content (AvgIpc) is 3.80. The van der Waals surface area contributed by atoms with Crippen LogP contribution in [-0.2, 0) is 39.3 Å². The largest absolute Gasteiger partial charge is 0.671 e. The van der Waals surface area contributed by atoms with Crippen LogP contribution in [0.1, 0.15) is 86.3 Å². The summed E-state index contributed by atoms with van der Waals surface area (Å²) in [6, 6.07) is 40.7. The van der Waals surface area contributed by atoms with Crippen LogP contribution in [-0.4, -0.2) is 51.8 Å². The van der Waals surface area contributed by atoms with Gasteiger partial charge in [-0.1, -0.05) is 155 Å². The number of benzene rings is 5. The number of imidazole rings is 1. The van der Waals surface area contributed by atoms with Crippen molar-refractivity contribution in [2.24, 2.45) is 7.05 Å². The van der Waals surface area contributed by atoms with Crippen molar-refractivity contribution >= 4 is 16.7 Å². The fourth-order valence-electron chi connectivity index (χ4n) is 7.33. The summed E-state index contributed by atoms with van der Waals surface area (Å²) in [6.07, 6.45) is 2.93. The number of hydrogen-bond donors (Lipinski definition) is 0. The predicted molar refractivity (Wildman–Crippen MR) is 255 cm³/mol. The van der Waals surface area contributed by atoms with Gasteiger partial charge in [0.25, 0.3) is 0 Å². The van der Waals surface area contributed by atoms with Gasteiger partial charge in [0.05, 0.1) is 17.1 Å². The average molecular weight is 968 g/mol. The van der Waals surface area contributed by atoms with Gasteiger partial charge in [0.1, 0.15) is 11.3 Å². The molecule has 2 heterocycles. The summed E-state index contributed by atoms with van der Waals surface area (Å²) < 4.78 is 8.55. The number of aryl methyl sites for hydroxylation is 3. The molecule has 1 unspecified atom stereocenters. The molecule has 7 aromatic rings. The minimum atomic E-state index is -0.416. The van der Waals surface area contributed by atoms with E-state index < -0.39 is 6.04 Å². The molecule has 0 bridgehead atoms. The van der Waals surface area contributed by atoms with E-state index in [-0.39, 0.29) is 25.8 Å². The van der Waals surface area contributed by atoms with Crippen LogP contribution in [0.3, 0.4) is 0 Å². The molecule has 8 heteroatoms. The molecule has 0 N–H and O–H groups in total. The van der Waals surface area contributed by atoms with Gasteiger partial charge in [0.15, 0.2) is 0 Å². The normalized spacial score (nSPS) is 11.1. The van der Waals surface area contributed by atoms with Crippen molar-refractivity contribution in [2.45, 2.75) is 65.8 Å². The van der Waals surface area contributed by atoms with E-state index in [0.717, 1.165) is 62.6 Å². The molecule has 0 aliphatic carbocycles. The number of nitrogens with zero attached hydrogens (tertiary/aromatic N) is 6. The summed E-state index contributed by atoms with van der Waals surface area (Å²) in [5.74, 6) is 2.44. The standard InChI is InChI=1S/C46H46N3O.3C2H6N.Hf/c1-8-40-43(36-22-15-16-25-41(36)50-40)39-28-49(7)46(47-39)45(48-44-34(29(2)3)23-17-24-35(44)30(4)5)42-37(32-18-11-9-12-19-32)26-31(6)27-38(42)33-20-13-10-14-21-33;3*1-3-2;/h9-30,45H,8H2,1-7H3;3*1-2H3;/q4*-1;. The van der Waals surface area contributed by atoms with E-state index in [1.165, 1.54) is 27.8 Å². The molecule has 0 saturated carbocycles. The molecule has 1 atom stereocenters. The molecule has 5 aromatic carbocycles. The van der Waals surface area contributed by atoms with Gasteiger partial charge in [-0.2, -0.15) is 42.3 Å². The van der Waals surface area contributed by atoms with Crippen LogP contribution in [0.2, 0.25) is 0 Å². The van der Waals surface area contributed by atoms with Gasteiger partial charge in [0.2, 0.25) is 0 Å². The molecule has 0 spiro atoms. The van der Waals surface area contributed by atoms with Crippen LogP contribution in [0, 0.1) is 6.92 Å². The zero-order valence-electron chi connectivity index (χ0n) is 38.1. The van der Waals surface area contributed by atoms with E-state index in [4.69, 9.17) is 14.7 Å². The SMILES string of the molecule is CCc1oc2ccccc2c1-c1cn(C)c(C([N-]c2c(C(C)C)cccc2C(C)C)c2c(-c3ccccc3)cc(C)cc2-c2ccccc2)n1.C[N-]C.C[N-]C.C[N-]C.[Hf]. The van der Waals surface area contributed by atoms with E-state index in [0.29, 0.717) is 11.8 Å². The maximum Gasteiger partial charge on any atom is 0.134 e. The summed E-state index contributed by atoms with van der Waals surface area (Å²) in [6.45, 7) is 13.4. The first kappa shape index (κ1) is 49.8. The first-order valence-corrected chi connectivity index (χ1v) is 20.6. The van der Waals surface area contributed by atoms with Crippen LogP contribution in [0.25, 0.3) is 65.7 Å². The number of rotatable bonds is 10. The number of fused-ring (bicyclic) bond motifs is 1. The molecule has 7 nitrogen and oxygen atoms in total. The molecule has 2 aromatic heterocycles. The van der Waals surface area contributed by atoms with E-state index in [1.807, 2.05) is 12.1 Å². The zero-order valence-corrected chi connectivity index (χ0v) is 41.7. The van der Waals surface area contributed by atoms with E-state index in [2.05, 4.69) is 178 Å². The minimum Gasteiger partial charge on any atom is -0.671 e. The van der Waals surface area contributed by atoms with Crippen LogP contribution in [0.4, 0.5) is 5.69 Å². The van der Waals surface area contributed by atoms with Crippen LogP contribution < -0.4 is 0 Å². The minimum absolute atomic E-state index is 0. The summed E-state index contributed by atoms with van der Waals surface area (Å²) >= 11 is 0. The van der Waals surface area contributed by atoms with Crippen molar-refractivity contribution in [3.05, 3.63) is 177 Å². The van der Waals surface area contributed by atoms with Gasteiger partial charge in [0, 0.05) is 50.9 Å². The third-order valence-electron chi connectivity index (χ3n) is 9.77. The number of furan rings is 1.